The number of carbonyl (C=O) groups is 1. The van der Waals surface area contributed by atoms with E-state index in [1.54, 1.807) is 0 Å². The van der Waals surface area contributed by atoms with Crippen LogP contribution in [-0.4, -0.2) is 12.5 Å². The molecule has 18 heavy (non-hydrogen) atoms. The predicted molar refractivity (Wildman–Crippen MR) is 74.4 cm³/mol. The first kappa shape index (κ1) is 13.1. The first-order valence-electron chi connectivity index (χ1n) is 6.81. The maximum Gasteiger partial charge on any atom is 0.229 e. The summed E-state index contributed by atoms with van der Waals surface area (Å²) in [5, 5.41) is 0. The zero-order valence-corrected chi connectivity index (χ0v) is 11.2. The molecule has 1 aromatic carbocycles. The predicted octanol–water partition coefficient (Wildman–Crippen LogP) is 2.86. The fourth-order valence-corrected chi connectivity index (χ4v) is 2.64. The van der Waals surface area contributed by atoms with Crippen LogP contribution in [0.2, 0.25) is 0 Å². The van der Waals surface area contributed by atoms with Gasteiger partial charge in [0.2, 0.25) is 5.91 Å². The molecule has 0 spiro atoms. The molecule has 2 N–H and O–H groups in total. The van der Waals surface area contributed by atoms with E-state index in [9.17, 15) is 4.79 Å². The summed E-state index contributed by atoms with van der Waals surface area (Å²) < 4.78 is 0. The molecule has 0 aromatic heterocycles. The Balaban J connectivity index is 2.26. The summed E-state index contributed by atoms with van der Waals surface area (Å²) in [7, 11) is 0. The monoisotopic (exact) mass is 246 g/mol. The van der Waals surface area contributed by atoms with Crippen molar-refractivity contribution < 1.29 is 4.79 Å². The minimum Gasteiger partial charge on any atom is -0.324 e. The van der Waals surface area contributed by atoms with Crippen LogP contribution in [0.3, 0.4) is 0 Å². The number of amides is 1. The topological polar surface area (TPSA) is 46.3 Å². The van der Waals surface area contributed by atoms with Crippen LogP contribution in [0.1, 0.15) is 44.7 Å². The standard InChI is InChI=1S/C15H22N2O/c1-3-6-11(2)15(18)17-10-9-13(16)12-7-4-5-8-14(12)17/h4-5,7-8,11,13H,3,6,9-10,16H2,1-2H3. The average molecular weight is 246 g/mol. The first-order chi connectivity index (χ1) is 8.65. The summed E-state index contributed by atoms with van der Waals surface area (Å²) >= 11 is 0. The quantitative estimate of drug-likeness (QED) is 0.891. The van der Waals surface area contributed by atoms with Gasteiger partial charge in [-0.3, -0.25) is 4.79 Å². The Kier molecular flexibility index (Phi) is 4.02. The van der Waals surface area contributed by atoms with Crippen LogP contribution in [0.5, 0.6) is 0 Å². The van der Waals surface area contributed by atoms with Gasteiger partial charge < -0.3 is 10.6 Å². The maximum absolute atomic E-state index is 12.4. The lowest BCUT2D eigenvalue weighted by molar-refractivity contribution is -0.122. The number of hydrogen-bond donors (Lipinski definition) is 1. The Morgan fingerprint density at radius 1 is 1.50 bits per heavy atom. The van der Waals surface area contributed by atoms with Gasteiger partial charge in [0.25, 0.3) is 0 Å². The van der Waals surface area contributed by atoms with Gasteiger partial charge in [0, 0.05) is 24.2 Å². The summed E-state index contributed by atoms with van der Waals surface area (Å²) in [6.45, 7) is 4.87. The normalized spacial score (nSPS) is 20.4. The van der Waals surface area contributed by atoms with Gasteiger partial charge in [0.1, 0.15) is 0 Å². The molecule has 0 radical (unpaired) electrons. The fourth-order valence-electron chi connectivity index (χ4n) is 2.64. The second kappa shape index (κ2) is 5.53. The zero-order chi connectivity index (χ0) is 13.1. The van der Waals surface area contributed by atoms with Gasteiger partial charge in [-0.05, 0) is 24.5 Å². The Bertz CT molecular complexity index is 430. The third-order valence-corrected chi connectivity index (χ3v) is 3.70. The van der Waals surface area contributed by atoms with E-state index in [4.69, 9.17) is 5.73 Å². The molecule has 0 aliphatic carbocycles. The van der Waals surface area contributed by atoms with Gasteiger partial charge >= 0.3 is 0 Å². The molecule has 1 aliphatic rings. The summed E-state index contributed by atoms with van der Waals surface area (Å²) in [6, 6.07) is 8.06. The van der Waals surface area contributed by atoms with Crippen LogP contribution >= 0.6 is 0 Å². The average Bonchev–Trinajstić information content (AvgIpc) is 2.39. The van der Waals surface area contributed by atoms with Gasteiger partial charge in [0.15, 0.2) is 0 Å². The molecule has 98 valence electrons. The van der Waals surface area contributed by atoms with E-state index >= 15 is 0 Å². The second-order valence-corrected chi connectivity index (χ2v) is 5.13. The zero-order valence-electron chi connectivity index (χ0n) is 11.2. The molecule has 1 heterocycles. The van der Waals surface area contributed by atoms with Crippen LogP contribution in [0.25, 0.3) is 0 Å². The van der Waals surface area contributed by atoms with Gasteiger partial charge in [-0.2, -0.15) is 0 Å². The minimum absolute atomic E-state index is 0.0618. The number of rotatable bonds is 3. The molecular weight excluding hydrogens is 224 g/mol. The summed E-state index contributed by atoms with van der Waals surface area (Å²) in [5.41, 5.74) is 8.21. The highest BCUT2D eigenvalue weighted by molar-refractivity contribution is 5.96. The third-order valence-electron chi connectivity index (χ3n) is 3.70. The van der Waals surface area contributed by atoms with Crippen molar-refractivity contribution in [3.63, 3.8) is 0 Å². The van der Waals surface area contributed by atoms with Gasteiger partial charge in [-0.1, -0.05) is 38.5 Å². The van der Waals surface area contributed by atoms with Crippen molar-refractivity contribution in [2.45, 2.75) is 39.2 Å². The van der Waals surface area contributed by atoms with Crippen molar-refractivity contribution >= 4 is 11.6 Å². The highest BCUT2D eigenvalue weighted by Gasteiger charge is 2.28. The van der Waals surface area contributed by atoms with Crippen LogP contribution in [0.4, 0.5) is 5.69 Å². The van der Waals surface area contributed by atoms with Crippen LogP contribution in [-0.2, 0) is 4.79 Å². The lowest BCUT2D eigenvalue weighted by Crippen LogP contribution is -2.41. The molecule has 3 heteroatoms. The number of hydrogen-bond acceptors (Lipinski definition) is 2. The highest BCUT2D eigenvalue weighted by atomic mass is 16.2. The largest absolute Gasteiger partial charge is 0.324 e. The van der Waals surface area contributed by atoms with Crippen molar-refractivity contribution in [1.29, 1.82) is 0 Å². The first-order valence-corrected chi connectivity index (χ1v) is 6.81. The molecule has 2 unspecified atom stereocenters. The van der Waals surface area contributed by atoms with Crippen LogP contribution < -0.4 is 10.6 Å². The summed E-state index contributed by atoms with van der Waals surface area (Å²) in [6.07, 6.45) is 2.84. The third kappa shape index (κ3) is 2.41. The summed E-state index contributed by atoms with van der Waals surface area (Å²) in [5.74, 6) is 0.327. The molecule has 0 saturated heterocycles. The Morgan fingerprint density at radius 3 is 2.94 bits per heavy atom. The number of anilines is 1. The molecule has 2 atom stereocenters. The molecular formula is C15H22N2O. The maximum atomic E-state index is 12.4. The fraction of sp³-hybridized carbons (Fsp3) is 0.533. The van der Waals surface area contributed by atoms with Gasteiger partial charge in [-0.25, -0.2) is 0 Å². The van der Waals surface area contributed by atoms with E-state index in [2.05, 4.69) is 6.92 Å². The second-order valence-electron chi connectivity index (χ2n) is 5.13. The van der Waals surface area contributed by atoms with Crippen molar-refractivity contribution in [2.75, 3.05) is 11.4 Å². The number of para-hydroxylation sites is 1. The Hall–Kier alpha value is -1.35. The van der Waals surface area contributed by atoms with E-state index in [-0.39, 0.29) is 17.9 Å². The van der Waals surface area contributed by atoms with Crippen LogP contribution in [0, 0.1) is 5.92 Å². The SMILES string of the molecule is CCCC(C)C(=O)N1CCC(N)c2ccccc21. The van der Waals surface area contributed by atoms with Crippen molar-refractivity contribution in [3.05, 3.63) is 29.8 Å². The number of carbonyl (C=O) groups excluding carboxylic acids is 1. The molecule has 1 aliphatic heterocycles. The molecule has 0 bridgehead atoms. The molecule has 3 nitrogen and oxygen atoms in total. The molecule has 1 aromatic rings. The number of nitrogens with two attached hydrogens (primary N) is 1. The molecule has 1 amide bonds. The Morgan fingerprint density at radius 2 is 2.22 bits per heavy atom. The molecule has 0 fully saturated rings. The van der Waals surface area contributed by atoms with E-state index < -0.39 is 0 Å². The lowest BCUT2D eigenvalue weighted by atomic mass is 9.95. The van der Waals surface area contributed by atoms with E-state index in [0.717, 1.165) is 37.1 Å². The van der Waals surface area contributed by atoms with E-state index in [0.29, 0.717) is 0 Å². The van der Waals surface area contributed by atoms with E-state index in [1.165, 1.54) is 0 Å². The smallest absolute Gasteiger partial charge is 0.229 e. The molecule has 2 rings (SSSR count). The van der Waals surface area contributed by atoms with Crippen LogP contribution in [0.15, 0.2) is 24.3 Å². The summed E-state index contributed by atoms with van der Waals surface area (Å²) in [4.78, 5) is 14.4. The minimum atomic E-state index is 0.0618. The van der Waals surface area contributed by atoms with Crippen molar-refractivity contribution in [2.24, 2.45) is 11.7 Å². The van der Waals surface area contributed by atoms with E-state index in [1.807, 2.05) is 36.1 Å². The van der Waals surface area contributed by atoms with Crippen molar-refractivity contribution in [3.8, 4) is 0 Å². The number of fused-ring (bicyclic) bond motifs is 1. The lowest BCUT2D eigenvalue weighted by Gasteiger charge is -2.34. The van der Waals surface area contributed by atoms with Gasteiger partial charge in [0.05, 0.1) is 0 Å². The van der Waals surface area contributed by atoms with Crippen molar-refractivity contribution in [1.82, 2.24) is 0 Å². The van der Waals surface area contributed by atoms with Gasteiger partial charge in [-0.15, -0.1) is 0 Å². The number of nitrogens with zero attached hydrogens (tertiary/aromatic N) is 1. The molecule has 0 saturated carbocycles. The Labute approximate surface area is 109 Å². The highest BCUT2D eigenvalue weighted by Crippen LogP contribution is 2.33. The number of benzene rings is 1.